The van der Waals surface area contributed by atoms with Crippen molar-refractivity contribution in [3.8, 4) is 0 Å². The van der Waals surface area contributed by atoms with Crippen LogP contribution in [0.25, 0.3) is 11.0 Å². The summed E-state index contributed by atoms with van der Waals surface area (Å²) in [6.07, 6.45) is 2.22. The van der Waals surface area contributed by atoms with Crippen LogP contribution in [-0.4, -0.2) is 13.2 Å². The Kier molecular flexibility index (Phi) is 4.18. The van der Waals surface area contributed by atoms with Gasteiger partial charge in [0.05, 0.1) is 24.5 Å². The van der Waals surface area contributed by atoms with Gasteiger partial charge in [0.25, 0.3) is 0 Å². The molecule has 128 valence electrons. The second-order valence-corrected chi connectivity index (χ2v) is 6.50. The highest BCUT2D eigenvalue weighted by Gasteiger charge is 2.27. The first-order chi connectivity index (χ1) is 12.3. The van der Waals surface area contributed by atoms with Gasteiger partial charge in [0.2, 0.25) is 0 Å². The molecule has 0 aliphatic carbocycles. The Balaban J connectivity index is 1.85. The predicted octanol–water partition coefficient (Wildman–Crippen LogP) is 4.38. The zero-order chi connectivity index (χ0) is 17.2. The fourth-order valence-electron chi connectivity index (χ4n) is 3.53. The van der Waals surface area contributed by atoms with Gasteiger partial charge in [-0.15, -0.1) is 0 Å². The van der Waals surface area contributed by atoms with Crippen molar-refractivity contribution in [1.29, 1.82) is 0 Å². The van der Waals surface area contributed by atoms with E-state index >= 15 is 0 Å². The summed E-state index contributed by atoms with van der Waals surface area (Å²) in [5.74, 6) is 0. The van der Waals surface area contributed by atoms with Crippen LogP contribution in [0.2, 0.25) is 0 Å². The maximum absolute atomic E-state index is 12.7. The number of rotatable bonds is 4. The smallest absolute Gasteiger partial charge is 0.343 e. The minimum absolute atomic E-state index is 0.226. The second kappa shape index (κ2) is 6.63. The van der Waals surface area contributed by atoms with Crippen molar-refractivity contribution in [3.05, 3.63) is 70.6 Å². The highest BCUT2D eigenvalue weighted by atomic mass is 16.4. The lowest BCUT2D eigenvalue weighted by molar-refractivity contribution is 0.538. The van der Waals surface area contributed by atoms with E-state index in [4.69, 9.17) is 4.42 Å². The van der Waals surface area contributed by atoms with Crippen molar-refractivity contribution < 1.29 is 4.42 Å². The molecule has 0 bridgehead atoms. The SMILES string of the molecule is CCCCN1CN(c2ccccc2)Cc2c1c1ccccc1oc2=O. The summed E-state index contributed by atoms with van der Waals surface area (Å²) >= 11 is 0. The van der Waals surface area contributed by atoms with Gasteiger partial charge in [0.1, 0.15) is 5.58 Å². The minimum atomic E-state index is -0.226. The molecule has 1 aliphatic rings. The van der Waals surface area contributed by atoms with Crippen LogP contribution in [0.1, 0.15) is 25.3 Å². The first kappa shape index (κ1) is 15.8. The lowest BCUT2D eigenvalue weighted by Crippen LogP contribution is -2.45. The zero-order valence-electron chi connectivity index (χ0n) is 14.4. The maximum Gasteiger partial charge on any atom is 0.343 e. The summed E-state index contributed by atoms with van der Waals surface area (Å²) in [5.41, 5.74) is 3.37. The van der Waals surface area contributed by atoms with E-state index in [9.17, 15) is 4.79 Å². The average molecular weight is 334 g/mol. The number of hydrogen-bond donors (Lipinski definition) is 0. The molecule has 3 aromatic rings. The van der Waals surface area contributed by atoms with E-state index < -0.39 is 0 Å². The molecule has 0 atom stereocenters. The van der Waals surface area contributed by atoms with Gasteiger partial charge in [-0.05, 0) is 30.7 Å². The molecule has 0 amide bonds. The summed E-state index contributed by atoms with van der Waals surface area (Å²) in [6.45, 7) is 4.48. The second-order valence-electron chi connectivity index (χ2n) is 6.50. The molecule has 0 spiro atoms. The number of unbranched alkanes of at least 4 members (excludes halogenated alkanes) is 1. The molecule has 1 aliphatic heterocycles. The molecule has 0 saturated carbocycles. The van der Waals surface area contributed by atoms with E-state index in [0.717, 1.165) is 48.4 Å². The van der Waals surface area contributed by atoms with Gasteiger partial charge in [-0.25, -0.2) is 4.79 Å². The van der Waals surface area contributed by atoms with Crippen LogP contribution in [0.3, 0.4) is 0 Å². The normalized spacial score (nSPS) is 14.0. The first-order valence-electron chi connectivity index (χ1n) is 8.87. The summed E-state index contributed by atoms with van der Waals surface area (Å²) in [4.78, 5) is 17.2. The van der Waals surface area contributed by atoms with Crippen molar-refractivity contribution in [1.82, 2.24) is 0 Å². The summed E-state index contributed by atoms with van der Waals surface area (Å²) < 4.78 is 5.59. The lowest BCUT2D eigenvalue weighted by Gasteiger charge is -2.39. The van der Waals surface area contributed by atoms with E-state index in [2.05, 4.69) is 28.9 Å². The van der Waals surface area contributed by atoms with Gasteiger partial charge < -0.3 is 14.2 Å². The third kappa shape index (κ3) is 2.88. The topological polar surface area (TPSA) is 36.7 Å². The molecular formula is C21H22N2O2. The number of nitrogens with zero attached hydrogens (tertiary/aromatic N) is 2. The van der Waals surface area contributed by atoms with E-state index in [1.807, 2.05) is 42.5 Å². The lowest BCUT2D eigenvalue weighted by atomic mass is 10.1. The number of hydrogen-bond acceptors (Lipinski definition) is 4. The van der Waals surface area contributed by atoms with Crippen molar-refractivity contribution in [3.63, 3.8) is 0 Å². The van der Waals surface area contributed by atoms with Gasteiger partial charge in [-0.3, -0.25) is 0 Å². The molecule has 0 radical (unpaired) electrons. The summed E-state index contributed by atoms with van der Waals surface area (Å²) in [5, 5.41) is 1.03. The molecule has 0 fully saturated rings. The molecule has 25 heavy (non-hydrogen) atoms. The van der Waals surface area contributed by atoms with Crippen LogP contribution < -0.4 is 15.4 Å². The van der Waals surface area contributed by atoms with Crippen LogP contribution in [0, 0.1) is 0 Å². The summed E-state index contributed by atoms with van der Waals surface area (Å²) in [6, 6.07) is 18.1. The van der Waals surface area contributed by atoms with Crippen molar-refractivity contribution >= 4 is 22.3 Å². The first-order valence-corrected chi connectivity index (χ1v) is 8.87. The quantitative estimate of drug-likeness (QED) is 0.664. The third-order valence-electron chi connectivity index (χ3n) is 4.79. The number of anilines is 2. The monoisotopic (exact) mass is 334 g/mol. The van der Waals surface area contributed by atoms with Crippen LogP contribution in [0.5, 0.6) is 0 Å². The molecule has 4 nitrogen and oxygen atoms in total. The highest BCUT2D eigenvalue weighted by Crippen LogP contribution is 2.34. The largest absolute Gasteiger partial charge is 0.422 e. The molecule has 4 rings (SSSR count). The van der Waals surface area contributed by atoms with Gasteiger partial charge >= 0.3 is 5.63 Å². The molecule has 0 unspecified atom stereocenters. The number of benzene rings is 2. The number of fused-ring (bicyclic) bond motifs is 3. The predicted molar refractivity (Wildman–Crippen MR) is 102 cm³/mol. The average Bonchev–Trinajstić information content (AvgIpc) is 2.66. The van der Waals surface area contributed by atoms with Crippen molar-refractivity contribution in [2.75, 3.05) is 23.0 Å². The van der Waals surface area contributed by atoms with E-state index in [1.54, 1.807) is 0 Å². The van der Waals surface area contributed by atoms with Crippen LogP contribution in [0.15, 0.2) is 63.8 Å². The van der Waals surface area contributed by atoms with Gasteiger partial charge in [-0.1, -0.05) is 43.7 Å². The Morgan fingerprint density at radius 2 is 1.80 bits per heavy atom. The summed E-state index contributed by atoms with van der Waals surface area (Å²) in [7, 11) is 0. The maximum atomic E-state index is 12.7. The zero-order valence-corrected chi connectivity index (χ0v) is 14.4. The van der Waals surface area contributed by atoms with Gasteiger partial charge in [-0.2, -0.15) is 0 Å². The Hall–Kier alpha value is -2.75. The molecule has 0 N–H and O–H groups in total. The van der Waals surface area contributed by atoms with Crippen LogP contribution in [-0.2, 0) is 6.54 Å². The van der Waals surface area contributed by atoms with E-state index in [0.29, 0.717) is 12.1 Å². The molecule has 2 aromatic carbocycles. The highest BCUT2D eigenvalue weighted by molar-refractivity contribution is 5.92. The van der Waals surface area contributed by atoms with Crippen molar-refractivity contribution in [2.24, 2.45) is 0 Å². The third-order valence-corrected chi connectivity index (χ3v) is 4.79. The Bertz CT molecular complexity index is 934. The van der Waals surface area contributed by atoms with Crippen LogP contribution in [0.4, 0.5) is 11.4 Å². The van der Waals surface area contributed by atoms with E-state index in [1.165, 1.54) is 0 Å². The van der Waals surface area contributed by atoms with Gasteiger partial charge in [0, 0.05) is 17.6 Å². The molecular weight excluding hydrogens is 312 g/mol. The Morgan fingerprint density at radius 1 is 1.04 bits per heavy atom. The van der Waals surface area contributed by atoms with E-state index in [-0.39, 0.29) is 5.63 Å². The van der Waals surface area contributed by atoms with Crippen molar-refractivity contribution in [2.45, 2.75) is 26.3 Å². The molecule has 0 saturated heterocycles. The fraction of sp³-hybridized carbons (Fsp3) is 0.286. The molecule has 2 heterocycles. The number of para-hydroxylation sites is 2. The minimum Gasteiger partial charge on any atom is -0.422 e. The molecule has 1 aromatic heterocycles. The molecule has 4 heteroatoms. The Labute approximate surface area is 147 Å². The van der Waals surface area contributed by atoms with Gasteiger partial charge in [0.15, 0.2) is 0 Å². The standard InChI is InChI=1S/C21H22N2O2/c1-2-3-13-22-15-23(16-9-5-4-6-10-16)14-18-20(22)17-11-7-8-12-19(17)25-21(18)24/h4-12H,2-3,13-15H2,1H3. The van der Waals surface area contributed by atoms with Crippen LogP contribution >= 0.6 is 0 Å². The fourth-order valence-corrected chi connectivity index (χ4v) is 3.53. The Morgan fingerprint density at radius 3 is 2.60 bits per heavy atom.